The first-order valence-corrected chi connectivity index (χ1v) is 12.3. The van der Waals surface area contributed by atoms with E-state index in [0.717, 1.165) is 12.8 Å². The molecule has 0 saturated heterocycles. The summed E-state index contributed by atoms with van der Waals surface area (Å²) in [6.07, 6.45) is 1.69. The highest BCUT2D eigenvalue weighted by atomic mass is 16.5. The van der Waals surface area contributed by atoms with E-state index in [2.05, 4.69) is 34.9 Å². The molecule has 0 aromatic heterocycles. The van der Waals surface area contributed by atoms with Gasteiger partial charge in [-0.2, -0.15) is 0 Å². The number of alkyl carbamates (subject to hydrolysis) is 1. The summed E-state index contributed by atoms with van der Waals surface area (Å²) in [7, 11) is 0. The van der Waals surface area contributed by atoms with Crippen molar-refractivity contribution in [3.8, 4) is 11.1 Å². The van der Waals surface area contributed by atoms with Gasteiger partial charge in [0.15, 0.2) is 0 Å². The van der Waals surface area contributed by atoms with Gasteiger partial charge in [0.2, 0.25) is 5.91 Å². The Morgan fingerprint density at radius 3 is 2.14 bits per heavy atom. The standard InChI is InChI=1S/C28H34N2O5/c1-28(2,14-25(31)29-15-19-11-18(12-19)13-26(32)33)17-30-27(34)35-16-24-22-9-5-3-7-20(22)21-8-4-6-10-23(21)24/h3-10,18-19,24H,11-17H2,1-2H3,(H,29,31)(H,30,34)(H,32,33). The maximum absolute atomic E-state index is 12.4. The lowest BCUT2D eigenvalue weighted by Crippen LogP contribution is -2.41. The maximum atomic E-state index is 12.4. The second-order valence-electron chi connectivity index (χ2n) is 10.6. The van der Waals surface area contributed by atoms with E-state index in [1.54, 1.807) is 0 Å². The molecular formula is C28H34N2O5. The van der Waals surface area contributed by atoms with Crippen LogP contribution >= 0.6 is 0 Å². The molecule has 3 N–H and O–H groups in total. The minimum Gasteiger partial charge on any atom is -0.481 e. The van der Waals surface area contributed by atoms with Gasteiger partial charge in [-0.05, 0) is 52.3 Å². The molecule has 35 heavy (non-hydrogen) atoms. The Hall–Kier alpha value is -3.35. The second kappa shape index (κ2) is 10.5. The zero-order valence-electron chi connectivity index (χ0n) is 20.4. The number of carbonyl (C=O) groups is 3. The van der Waals surface area contributed by atoms with Gasteiger partial charge in [-0.3, -0.25) is 9.59 Å². The number of fused-ring (bicyclic) bond motifs is 3. The fourth-order valence-electron chi connectivity index (χ4n) is 5.23. The van der Waals surface area contributed by atoms with Gasteiger partial charge in [-0.15, -0.1) is 0 Å². The van der Waals surface area contributed by atoms with Crippen molar-refractivity contribution in [2.75, 3.05) is 19.7 Å². The number of aliphatic carboxylic acids is 1. The molecule has 0 atom stereocenters. The molecule has 2 aliphatic rings. The third kappa shape index (κ3) is 6.21. The van der Waals surface area contributed by atoms with Crippen LogP contribution in [0, 0.1) is 17.3 Å². The van der Waals surface area contributed by atoms with Gasteiger partial charge >= 0.3 is 12.1 Å². The zero-order valence-corrected chi connectivity index (χ0v) is 20.4. The Morgan fingerprint density at radius 2 is 1.54 bits per heavy atom. The van der Waals surface area contributed by atoms with Crippen molar-refractivity contribution in [3.63, 3.8) is 0 Å². The highest BCUT2D eigenvalue weighted by molar-refractivity contribution is 5.79. The molecule has 0 spiro atoms. The van der Waals surface area contributed by atoms with Crippen molar-refractivity contribution in [3.05, 3.63) is 59.7 Å². The first kappa shape index (κ1) is 24.8. The molecule has 0 unspecified atom stereocenters. The highest BCUT2D eigenvalue weighted by Crippen LogP contribution is 2.44. The van der Waals surface area contributed by atoms with Crippen LogP contribution in [0.4, 0.5) is 4.79 Å². The Balaban J connectivity index is 1.19. The SMILES string of the molecule is CC(C)(CNC(=O)OCC1c2ccccc2-c2ccccc21)CC(=O)NCC1CC(CC(=O)O)C1. The average Bonchev–Trinajstić information content (AvgIpc) is 3.11. The zero-order chi connectivity index (χ0) is 25.0. The van der Waals surface area contributed by atoms with Gasteiger partial charge in [0.1, 0.15) is 6.61 Å². The van der Waals surface area contributed by atoms with Crippen LogP contribution in [-0.2, 0) is 14.3 Å². The first-order chi connectivity index (χ1) is 16.7. The summed E-state index contributed by atoms with van der Waals surface area (Å²) in [5.74, 6) is -0.236. The summed E-state index contributed by atoms with van der Waals surface area (Å²) < 4.78 is 5.59. The number of carboxylic acid groups (broad SMARTS) is 1. The molecular weight excluding hydrogens is 444 g/mol. The fourth-order valence-corrected chi connectivity index (χ4v) is 5.23. The lowest BCUT2D eigenvalue weighted by molar-refractivity contribution is -0.139. The molecule has 7 nitrogen and oxygen atoms in total. The van der Waals surface area contributed by atoms with Crippen LogP contribution in [0.1, 0.15) is 56.6 Å². The van der Waals surface area contributed by atoms with Crippen LogP contribution < -0.4 is 10.6 Å². The maximum Gasteiger partial charge on any atom is 0.407 e. The number of rotatable bonds is 10. The summed E-state index contributed by atoms with van der Waals surface area (Å²) in [6.45, 7) is 5.02. The fraction of sp³-hybridized carbons (Fsp3) is 0.464. The van der Waals surface area contributed by atoms with E-state index in [9.17, 15) is 14.4 Å². The van der Waals surface area contributed by atoms with Crippen LogP contribution in [-0.4, -0.2) is 42.8 Å². The van der Waals surface area contributed by atoms with Crippen molar-refractivity contribution in [1.29, 1.82) is 0 Å². The van der Waals surface area contributed by atoms with Crippen molar-refractivity contribution in [2.45, 2.75) is 45.4 Å². The predicted octanol–water partition coefficient (Wildman–Crippen LogP) is 4.56. The monoisotopic (exact) mass is 478 g/mol. The largest absolute Gasteiger partial charge is 0.481 e. The molecule has 0 radical (unpaired) electrons. The van der Waals surface area contributed by atoms with Gasteiger partial charge < -0.3 is 20.5 Å². The first-order valence-electron chi connectivity index (χ1n) is 12.3. The Bertz CT molecular complexity index is 1040. The molecule has 2 aromatic carbocycles. The summed E-state index contributed by atoms with van der Waals surface area (Å²) in [5, 5.41) is 14.6. The molecule has 0 aliphatic heterocycles. The van der Waals surface area contributed by atoms with Crippen LogP contribution in [0.5, 0.6) is 0 Å². The van der Waals surface area contributed by atoms with Crippen molar-refractivity contribution in [2.24, 2.45) is 17.3 Å². The summed E-state index contributed by atoms with van der Waals surface area (Å²) in [4.78, 5) is 35.6. The minimum absolute atomic E-state index is 0.00791. The van der Waals surface area contributed by atoms with Gasteiger partial charge in [-0.1, -0.05) is 62.4 Å². The Morgan fingerprint density at radius 1 is 0.943 bits per heavy atom. The van der Waals surface area contributed by atoms with Crippen molar-refractivity contribution >= 4 is 18.0 Å². The van der Waals surface area contributed by atoms with Gasteiger partial charge in [-0.25, -0.2) is 4.79 Å². The Kier molecular flexibility index (Phi) is 7.43. The van der Waals surface area contributed by atoms with Crippen LogP contribution in [0.2, 0.25) is 0 Å². The number of hydrogen-bond donors (Lipinski definition) is 3. The molecule has 0 bridgehead atoms. The number of hydrogen-bond acceptors (Lipinski definition) is 4. The summed E-state index contributed by atoms with van der Waals surface area (Å²) in [6, 6.07) is 16.4. The molecule has 4 rings (SSSR count). The normalized spacial score (nSPS) is 18.7. The topological polar surface area (TPSA) is 105 Å². The van der Waals surface area contributed by atoms with E-state index in [4.69, 9.17) is 9.84 Å². The molecule has 2 amide bonds. The second-order valence-corrected chi connectivity index (χ2v) is 10.6. The third-order valence-electron chi connectivity index (χ3n) is 7.08. The molecule has 2 aromatic rings. The van der Waals surface area contributed by atoms with E-state index >= 15 is 0 Å². The van der Waals surface area contributed by atoms with Crippen molar-refractivity contribution in [1.82, 2.24) is 10.6 Å². The quantitative estimate of drug-likeness (QED) is 0.464. The number of ether oxygens (including phenoxy) is 1. The highest BCUT2D eigenvalue weighted by Gasteiger charge is 2.32. The summed E-state index contributed by atoms with van der Waals surface area (Å²) in [5.41, 5.74) is 4.27. The molecule has 2 aliphatic carbocycles. The number of nitrogens with one attached hydrogen (secondary N) is 2. The van der Waals surface area contributed by atoms with E-state index < -0.39 is 17.5 Å². The number of amides is 2. The third-order valence-corrected chi connectivity index (χ3v) is 7.08. The minimum atomic E-state index is -0.761. The lowest BCUT2D eigenvalue weighted by atomic mass is 9.73. The lowest BCUT2D eigenvalue weighted by Gasteiger charge is -2.34. The molecule has 186 valence electrons. The number of benzene rings is 2. The number of carboxylic acids is 1. The van der Waals surface area contributed by atoms with Crippen LogP contribution in [0.25, 0.3) is 11.1 Å². The predicted molar refractivity (Wildman–Crippen MR) is 133 cm³/mol. The molecule has 1 saturated carbocycles. The van der Waals surface area contributed by atoms with Gasteiger partial charge in [0, 0.05) is 31.8 Å². The van der Waals surface area contributed by atoms with E-state index in [-0.39, 0.29) is 37.2 Å². The summed E-state index contributed by atoms with van der Waals surface area (Å²) >= 11 is 0. The van der Waals surface area contributed by atoms with Crippen molar-refractivity contribution < 1.29 is 24.2 Å². The smallest absolute Gasteiger partial charge is 0.407 e. The molecule has 1 fully saturated rings. The average molecular weight is 479 g/mol. The van der Waals surface area contributed by atoms with Gasteiger partial charge in [0.05, 0.1) is 0 Å². The molecule has 7 heteroatoms. The van der Waals surface area contributed by atoms with Crippen LogP contribution in [0.3, 0.4) is 0 Å². The van der Waals surface area contributed by atoms with E-state index in [1.807, 2.05) is 38.1 Å². The van der Waals surface area contributed by atoms with Gasteiger partial charge in [0.25, 0.3) is 0 Å². The van der Waals surface area contributed by atoms with E-state index in [1.165, 1.54) is 22.3 Å². The van der Waals surface area contributed by atoms with Crippen LogP contribution in [0.15, 0.2) is 48.5 Å². The number of carbonyl (C=O) groups excluding carboxylic acids is 2. The molecule has 0 heterocycles. The van der Waals surface area contributed by atoms with E-state index in [0.29, 0.717) is 19.0 Å². The Labute approximate surface area is 206 Å².